The van der Waals surface area contributed by atoms with Crippen LogP contribution in [0.1, 0.15) is 43.8 Å². The Morgan fingerprint density at radius 3 is 2.68 bits per heavy atom. The van der Waals surface area contributed by atoms with E-state index in [1.165, 1.54) is 32.1 Å². The van der Waals surface area contributed by atoms with Crippen LogP contribution in [0, 0.1) is 0 Å². The van der Waals surface area contributed by atoms with E-state index in [2.05, 4.69) is 32.8 Å². The van der Waals surface area contributed by atoms with Gasteiger partial charge in [0.25, 0.3) is 0 Å². The summed E-state index contributed by atoms with van der Waals surface area (Å²) >= 11 is 0. The molecule has 1 aromatic heterocycles. The largest absolute Gasteiger partial charge is 0.497 e. The first-order chi connectivity index (χ1) is 10.7. The second-order valence-electron chi connectivity index (χ2n) is 6.01. The van der Waals surface area contributed by atoms with Gasteiger partial charge in [-0.3, -0.25) is 4.57 Å². The monoisotopic (exact) mass is 300 g/mol. The highest BCUT2D eigenvalue weighted by Gasteiger charge is 2.23. The van der Waals surface area contributed by atoms with Crippen molar-refractivity contribution >= 4 is 11.6 Å². The molecule has 118 valence electrons. The van der Waals surface area contributed by atoms with Gasteiger partial charge >= 0.3 is 0 Å². The Balaban J connectivity index is 1.86. The van der Waals surface area contributed by atoms with Crippen LogP contribution in [0.15, 0.2) is 24.3 Å². The molecule has 0 aliphatic heterocycles. The lowest BCUT2D eigenvalue weighted by molar-refractivity contribution is 0.415. The number of nitrogens with zero attached hydrogens (tertiary/aromatic N) is 4. The molecule has 0 spiro atoms. The van der Waals surface area contributed by atoms with Gasteiger partial charge in [0.05, 0.1) is 7.11 Å². The van der Waals surface area contributed by atoms with Crippen molar-refractivity contribution in [1.82, 2.24) is 14.8 Å². The van der Waals surface area contributed by atoms with Crippen LogP contribution in [0.25, 0.3) is 0 Å². The van der Waals surface area contributed by atoms with Gasteiger partial charge in [0, 0.05) is 31.8 Å². The number of anilines is 2. The minimum atomic E-state index is 0.554. The fraction of sp³-hybridized carbons (Fsp3) is 0.529. The Morgan fingerprint density at radius 2 is 1.95 bits per heavy atom. The molecule has 5 nitrogen and oxygen atoms in total. The summed E-state index contributed by atoms with van der Waals surface area (Å²) in [6, 6.07) is 8.00. The number of aromatic nitrogens is 3. The predicted octanol–water partition coefficient (Wildman–Crippen LogP) is 3.64. The molecule has 0 atom stereocenters. The Morgan fingerprint density at radius 1 is 1.18 bits per heavy atom. The molecule has 0 bridgehead atoms. The fourth-order valence-electron chi connectivity index (χ4n) is 3.28. The van der Waals surface area contributed by atoms with E-state index in [1.807, 2.05) is 25.2 Å². The quantitative estimate of drug-likeness (QED) is 0.864. The van der Waals surface area contributed by atoms with Crippen LogP contribution in [0.2, 0.25) is 0 Å². The van der Waals surface area contributed by atoms with Gasteiger partial charge in [-0.05, 0) is 25.0 Å². The SMILES string of the molecule is COc1cccc(N(C)c2nnc(C3CCCCC3)n2C)c1. The Kier molecular flexibility index (Phi) is 4.32. The van der Waals surface area contributed by atoms with E-state index in [0.717, 1.165) is 23.2 Å². The molecule has 1 fully saturated rings. The molecular weight excluding hydrogens is 276 g/mol. The zero-order chi connectivity index (χ0) is 15.5. The molecule has 0 amide bonds. The highest BCUT2D eigenvalue weighted by atomic mass is 16.5. The Bertz CT molecular complexity index is 631. The third kappa shape index (κ3) is 2.80. The van der Waals surface area contributed by atoms with Crippen LogP contribution < -0.4 is 9.64 Å². The van der Waals surface area contributed by atoms with Gasteiger partial charge in [0.1, 0.15) is 11.6 Å². The standard InChI is InChI=1S/C17H24N4O/c1-20(14-10-7-11-15(12-14)22-3)17-19-18-16(21(17)2)13-8-5-4-6-9-13/h7,10-13H,4-6,8-9H2,1-3H3. The summed E-state index contributed by atoms with van der Waals surface area (Å²) in [7, 11) is 5.77. The molecule has 2 aromatic rings. The number of hydrogen-bond acceptors (Lipinski definition) is 4. The lowest BCUT2D eigenvalue weighted by atomic mass is 9.89. The molecule has 0 radical (unpaired) electrons. The van der Waals surface area contributed by atoms with Gasteiger partial charge < -0.3 is 9.64 Å². The molecule has 1 aliphatic rings. The van der Waals surface area contributed by atoms with Crippen molar-refractivity contribution < 1.29 is 4.74 Å². The summed E-state index contributed by atoms with van der Waals surface area (Å²) in [6.07, 6.45) is 6.42. The fourth-order valence-corrected chi connectivity index (χ4v) is 3.28. The molecule has 3 rings (SSSR count). The average molecular weight is 300 g/mol. The van der Waals surface area contributed by atoms with Crippen LogP contribution in [0.4, 0.5) is 11.6 Å². The molecular formula is C17H24N4O. The number of hydrogen-bond donors (Lipinski definition) is 0. The number of methoxy groups -OCH3 is 1. The maximum absolute atomic E-state index is 5.30. The van der Waals surface area contributed by atoms with Crippen molar-refractivity contribution in [1.29, 1.82) is 0 Å². The van der Waals surface area contributed by atoms with Gasteiger partial charge in [-0.1, -0.05) is 25.3 Å². The third-order valence-corrected chi connectivity index (χ3v) is 4.60. The van der Waals surface area contributed by atoms with Gasteiger partial charge in [-0.15, -0.1) is 10.2 Å². The summed E-state index contributed by atoms with van der Waals surface area (Å²) < 4.78 is 7.44. The van der Waals surface area contributed by atoms with Crippen LogP contribution in [-0.4, -0.2) is 28.9 Å². The first-order valence-corrected chi connectivity index (χ1v) is 7.97. The van der Waals surface area contributed by atoms with Crippen molar-refractivity contribution in [2.24, 2.45) is 7.05 Å². The molecule has 0 N–H and O–H groups in total. The van der Waals surface area contributed by atoms with Crippen LogP contribution in [0.5, 0.6) is 5.75 Å². The van der Waals surface area contributed by atoms with E-state index in [4.69, 9.17) is 4.74 Å². The summed E-state index contributed by atoms with van der Waals surface area (Å²) in [5.74, 6) is 3.39. The third-order valence-electron chi connectivity index (χ3n) is 4.60. The van der Waals surface area contributed by atoms with Crippen molar-refractivity contribution in [3.8, 4) is 5.75 Å². The summed E-state index contributed by atoms with van der Waals surface area (Å²) in [5, 5.41) is 8.89. The molecule has 0 saturated heterocycles. The van der Waals surface area contributed by atoms with E-state index in [0.29, 0.717) is 5.92 Å². The maximum atomic E-state index is 5.30. The smallest absolute Gasteiger partial charge is 0.231 e. The summed E-state index contributed by atoms with van der Waals surface area (Å²) in [6.45, 7) is 0. The lowest BCUT2D eigenvalue weighted by Gasteiger charge is -2.22. The molecule has 1 aliphatic carbocycles. The Labute approximate surface area is 131 Å². The zero-order valence-corrected chi connectivity index (χ0v) is 13.6. The summed E-state index contributed by atoms with van der Waals surface area (Å²) in [5.41, 5.74) is 1.05. The van der Waals surface area contributed by atoms with E-state index < -0.39 is 0 Å². The van der Waals surface area contributed by atoms with Crippen LogP contribution in [0.3, 0.4) is 0 Å². The van der Waals surface area contributed by atoms with Crippen molar-refractivity contribution in [2.45, 2.75) is 38.0 Å². The van der Waals surface area contributed by atoms with E-state index in [-0.39, 0.29) is 0 Å². The topological polar surface area (TPSA) is 43.2 Å². The Hall–Kier alpha value is -2.04. The van der Waals surface area contributed by atoms with Gasteiger partial charge in [0.15, 0.2) is 0 Å². The van der Waals surface area contributed by atoms with Crippen LogP contribution in [-0.2, 0) is 7.05 Å². The molecule has 1 heterocycles. The van der Waals surface area contributed by atoms with Crippen molar-refractivity contribution in [3.63, 3.8) is 0 Å². The average Bonchev–Trinajstić information content (AvgIpc) is 2.96. The molecule has 0 unspecified atom stereocenters. The second-order valence-corrected chi connectivity index (χ2v) is 6.01. The molecule has 1 saturated carbocycles. The van der Waals surface area contributed by atoms with Gasteiger partial charge in [0.2, 0.25) is 5.95 Å². The minimum Gasteiger partial charge on any atom is -0.497 e. The summed E-state index contributed by atoms with van der Waals surface area (Å²) in [4.78, 5) is 2.06. The van der Waals surface area contributed by atoms with E-state index in [9.17, 15) is 0 Å². The number of ether oxygens (including phenoxy) is 1. The first-order valence-electron chi connectivity index (χ1n) is 7.97. The van der Waals surface area contributed by atoms with Crippen molar-refractivity contribution in [2.75, 3.05) is 19.1 Å². The molecule has 5 heteroatoms. The predicted molar refractivity (Wildman–Crippen MR) is 87.9 cm³/mol. The van der Waals surface area contributed by atoms with E-state index in [1.54, 1.807) is 7.11 Å². The van der Waals surface area contributed by atoms with E-state index >= 15 is 0 Å². The minimum absolute atomic E-state index is 0.554. The second kappa shape index (κ2) is 6.38. The number of benzene rings is 1. The highest BCUT2D eigenvalue weighted by molar-refractivity contribution is 5.58. The molecule has 1 aromatic carbocycles. The maximum Gasteiger partial charge on any atom is 0.231 e. The van der Waals surface area contributed by atoms with Gasteiger partial charge in [-0.25, -0.2) is 0 Å². The normalized spacial score (nSPS) is 15.8. The first kappa shape index (κ1) is 14.9. The van der Waals surface area contributed by atoms with Crippen molar-refractivity contribution in [3.05, 3.63) is 30.1 Å². The zero-order valence-electron chi connectivity index (χ0n) is 13.6. The highest BCUT2D eigenvalue weighted by Crippen LogP contribution is 2.33. The number of rotatable bonds is 4. The lowest BCUT2D eigenvalue weighted by Crippen LogP contribution is -2.16. The van der Waals surface area contributed by atoms with Crippen LogP contribution >= 0.6 is 0 Å². The molecule has 22 heavy (non-hydrogen) atoms. The van der Waals surface area contributed by atoms with Gasteiger partial charge in [-0.2, -0.15) is 0 Å².